The van der Waals surface area contributed by atoms with E-state index >= 15 is 0 Å². The Hall–Kier alpha value is -3.42. The largest absolute Gasteiger partial charge is 0.497 e. The van der Waals surface area contributed by atoms with Crippen molar-refractivity contribution in [3.8, 4) is 11.5 Å². The first-order chi connectivity index (χ1) is 16.5. The van der Waals surface area contributed by atoms with Gasteiger partial charge in [-0.25, -0.2) is 5.01 Å². The van der Waals surface area contributed by atoms with Crippen LogP contribution in [0.2, 0.25) is 10.0 Å². The van der Waals surface area contributed by atoms with Crippen LogP contribution in [0.15, 0.2) is 66.7 Å². The molecule has 0 aliphatic carbocycles. The molecule has 0 saturated carbocycles. The van der Waals surface area contributed by atoms with Crippen molar-refractivity contribution >= 4 is 40.7 Å². The number of anilines is 1. The third kappa shape index (κ3) is 5.38. The van der Waals surface area contributed by atoms with Crippen molar-refractivity contribution in [2.75, 3.05) is 19.0 Å². The molecule has 0 fully saturated rings. The number of ether oxygens (including phenoxy) is 2. The summed E-state index contributed by atoms with van der Waals surface area (Å²) in [5.41, 5.74) is 4.73. The highest BCUT2D eigenvalue weighted by molar-refractivity contribution is 6.35. The van der Waals surface area contributed by atoms with E-state index in [0.717, 1.165) is 5.56 Å². The van der Waals surface area contributed by atoms with Crippen molar-refractivity contribution in [1.82, 2.24) is 10.4 Å². The van der Waals surface area contributed by atoms with E-state index in [-0.39, 0.29) is 24.8 Å². The van der Waals surface area contributed by atoms with Crippen LogP contribution in [0, 0.1) is 0 Å². The lowest BCUT2D eigenvalue weighted by molar-refractivity contribution is -0.126. The van der Waals surface area contributed by atoms with E-state index in [1.165, 1.54) is 5.01 Å². The highest BCUT2D eigenvalue weighted by Gasteiger charge is 2.34. The number of amides is 2. The lowest BCUT2D eigenvalue weighted by Gasteiger charge is -2.37. The van der Waals surface area contributed by atoms with Gasteiger partial charge in [-0.05, 0) is 54.4 Å². The van der Waals surface area contributed by atoms with E-state index in [1.54, 1.807) is 49.6 Å². The van der Waals surface area contributed by atoms with Gasteiger partial charge in [0.05, 0.1) is 24.3 Å². The standard InChI is InChI=1S/C25H23Cl2N3O4/c1-33-18-11-8-16(9-12-18)24-28-21-6-3-2-5-19(21)25(32)30(24)29-23(31)7-4-14-34-22-13-10-17(26)15-20(22)27/h2-3,5-6,8-13,15,24,28H,4,7,14H2,1H3,(H,29,31). The first-order valence-corrected chi connectivity index (χ1v) is 11.4. The minimum absolute atomic E-state index is 0.159. The Bertz CT molecular complexity index is 1190. The van der Waals surface area contributed by atoms with Crippen molar-refractivity contribution in [3.05, 3.63) is 87.9 Å². The number of rotatable bonds is 8. The van der Waals surface area contributed by atoms with Crippen molar-refractivity contribution in [1.29, 1.82) is 0 Å². The third-order valence-electron chi connectivity index (χ3n) is 5.30. The second-order valence-corrected chi connectivity index (χ2v) is 8.45. The molecular weight excluding hydrogens is 477 g/mol. The fourth-order valence-electron chi connectivity index (χ4n) is 3.59. The normalized spacial score (nSPS) is 14.7. The lowest BCUT2D eigenvalue weighted by Crippen LogP contribution is -2.52. The van der Waals surface area contributed by atoms with E-state index < -0.39 is 6.17 Å². The maximum absolute atomic E-state index is 13.2. The zero-order chi connectivity index (χ0) is 24.1. The van der Waals surface area contributed by atoms with E-state index in [2.05, 4.69) is 10.7 Å². The molecule has 9 heteroatoms. The minimum Gasteiger partial charge on any atom is -0.497 e. The van der Waals surface area contributed by atoms with Crippen LogP contribution in [0.25, 0.3) is 0 Å². The molecule has 176 valence electrons. The lowest BCUT2D eigenvalue weighted by atomic mass is 10.0. The summed E-state index contributed by atoms with van der Waals surface area (Å²) < 4.78 is 10.9. The highest BCUT2D eigenvalue weighted by Crippen LogP contribution is 2.32. The first kappa shape index (κ1) is 23.7. The van der Waals surface area contributed by atoms with Gasteiger partial charge in [-0.2, -0.15) is 0 Å². The summed E-state index contributed by atoms with van der Waals surface area (Å²) in [6.45, 7) is 0.283. The Morgan fingerprint density at radius 1 is 1.09 bits per heavy atom. The van der Waals surface area contributed by atoms with Crippen LogP contribution in [0.1, 0.15) is 34.9 Å². The Morgan fingerprint density at radius 2 is 1.85 bits per heavy atom. The number of halogens is 2. The number of benzene rings is 3. The number of methoxy groups -OCH3 is 1. The topological polar surface area (TPSA) is 79.9 Å². The molecule has 34 heavy (non-hydrogen) atoms. The van der Waals surface area contributed by atoms with Gasteiger partial charge in [0.15, 0.2) is 0 Å². The summed E-state index contributed by atoms with van der Waals surface area (Å²) >= 11 is 12.0. The minimum atomic E-state index is -0.582. The van der Waals surface area contributed by atoms with Gasteiger partial charge < -0.3 is 14.8 Å². The van der Waals surface area contributed by atoms with Gasteiger partial charge in [0.2, 0.25) is 5.91 Å². The number of hydrogen-bond donors (Lipinski definition) is 2. The molecular formula is C25H23Cl2N3O4. The smallest absolute Gasteiger partial charge is 0.276 e. The van der Waals surface area contributed by atoms with Gasteiger partial charge in [0, 0.05) is 17.1 Å². The molecule has 1 atom stereocenters. The van der Waals surface area contributed by atoms with E-state index in [0.29, 0.717) is 39.2 Å². The summed E-state index contributed by atoms with van der Waals surface area (Å²) in [7, 11) is 1.59. The van der Waals surface area contributed by atoms with Crippen LogP contribution in [0.4, 0.5) is 5.69 Å². The molecule has 3 aromatic rings. The van der Waals surface area contributed by atoms with Crippen LogP contribution in [-0.4, -0.2) is 30.5 Å². The van der Waals surface area contributed by atoms with Crippen molar-refractivity contribution in [3.63, 3.8) is 0 Å². The summed E-state index contributed by atoms with van der Waals surface area (Å²) in [6.07, 6.45) is 0.0112. The van der Waals surface area contributed by atoms with Crippen LogP contribution >= 0.6 is 23.2 Å². The van der Waals surface area contributed by atoms with Crippen molar-refractivity contribution < 1.29 is 19.1 Å². The number of fused-ring (bicyclic) bond motifs is 1. The van der Waals surface area contributed by atoms with Gasteiger partial charge in [-0.1, -0.05) is 47.5 Å². The molecule has 1 heterocycles. The average Bonchev–Trinajstić information content (AvgIpc) is 2.84. The number of carbonyl (C=O) groups excluding carboxylic acids is 2. The van der Waals surface area contributed by atoms with Crippen LogP contribution in [0.5, 0.6) is 11.5 Å². The fourth-order valence-corrected chi connectivity index (χ4v) is 4.05. The van der Waals surface area contributed by atoms with Gasteiger partial charge in [0.25, 0.3) is 5.91 Å². The van der Waals surface area contributed by atoms with Crippen LogP contribution in [0.3, 0.4) is 0 Å². The van der Waals surface area contributed by atoms with Crippen molar-refractivity contribution in [2.24, 2.45) is 0 Å². The van der Waals surface area contributed by atoms with Gasteiger partial charge in [0.1, 0.15) is 17.7 Å². The van der Waals surface area contributed by atoms with Crippen LogP contribution < -0.4 is 20.2 Å². The molecule has 2 amide bonds. The Balaban J connectivity index is 1.42. The fraction of sp³-hybridized carbons (Fsp3) is 0.200. The number of carbonyl (C=O) groups is 2. The van der Waals surface area contributed by atoms with E-state index in [4.69, 9.17) is 32.7 Å². The second kappa shape index (κ2) is 10.7. The molecule has 3 aromatic carbocycles. The Kier molecular flexibility index (Phi) is 7.45. The summed E-state index contributed by atoms with van der Waals surface area (Å²) in [6, 6.07) is 19.5. The Labute approximate surface area is 207 Å². The zero-order valence-electron chi connectivity index (χ0n) is 18.4. The van der Waals surface area contributed by atoms with Crippen LogP contribution in [-0.2, 0) is 4.79 Å². The number of nitrogens with one attached hydrogen (secondary N) is 2. The monoisotopic (exact) mass is 499 g/mol. The molecule has 0 aromatic heterocycles. The van der Waals surface area contributed by atoms with Gasteiger partial charge in [-0.3, -0.25) is 15.0 Å². The summed E-state index contributed by atoms with van der Waals surface area (Å²) in [4.78, 5) is 26.0. The van der Waals surface area contributed by atoms with Gasteiger partial charge >= 0.3 is 0 Å². The summed E-state index contributed by atoms with van der Waals surface area (Å²) in [5, 5.41) is 5.58. The quantitative estimate of drug-likeness (QED) is 0.402. The predicted molar refractivity (Wildman–Crippen MR) is 131 cm³/mol. The summed E-state index contributed by atoms with van der Waals surface area (Å²) in [5.74, 6) is 0.590. The molecule has 0 saturated heterocycles. The molecule has 1 aliphatic rings. The molecule has 1 aliphatic heterocycles. The third-order valence-corrected chi connectivity index (χ3v) is 5.83. The van der Waals surface area contributed by atoms with Crippen molar-refractivity contribution in [2.45, 2.75) is 19.0 Å². The first-order valence-electron chi connectivity index (χ1n) is 10.7. The van der Waals surface area contributed by atoms with Gasteiger partial charge in [-0.15, -0.1) is 0 Å². The average molecular weight is 500 g/mol. The molecule has 2 N–H and O–H groups in total. The molecule has 0 radical (unpaired) electrons. The Morgan fingerprint density at radius 3 is 2.59 bits per heavy atom. The molecule has 7 nitrogen and oxygen atoms in total. The number of hydrogen-bond acceptors (Lipinski definition) is 5. The van der Waals surface area contributed by atoms with E-state index in [1.807, 2.05) is 24.3 Å². The molecule has 0 spiro atoms. The highest BCUT2D eigenvalue weighted by atomic mass is 35.5. The maximum atomic E-state index is 13.2. The second-order valence-electron chi connectivity index (χ2n) is 7.60. The predicted octanol–water partition coefficient (Wildman–Crippen LogP) is 5.46. The number of hydrazine groups is 1. The number of para-hydroxylation sites is 1. The molecule has 0 bridgehead atoms. The SMILES string of the molecule is COc1ccc(C2Nc3ccccc3C(=O)N2NC(=O)CCCOc2ccc(Cl)cc2Cl)cc1. The maximum Gasteiger partial charge on any atom is 0.276 e. The zero-order valence-corrected chi connectivity index (χ0v) is 19.9. The van der Waals surface area contributed by atoms with E-state index in [9.17, 15) is 9.59 Å². The number of nitrogens with zero attached hydrogens (tertiary/aromatic N) is 1. The molecule has 1 unspecified atom stereocenters. The molecule has 4 rings (SSSR count).